The summed E-state index contributed by atoms with van der Waals surface area (Å²) in [6.45, 7) is 15.8. The molecule has 4 aromatic rings. The zero-order chi connectivity index (χ0) is 31.2. The molecule has 8 nitrogen and oxygen atoms in total. The first-order valence-corrected chi connectivity index (χ1v) is 15.8. The van der Waals surface area contributed by atoms with Crippen molar-refractivity contribution < 1.29 is 14.3 Å². The number of fused-ring (bicyclic) bond motifs is 1. The molecule has 0 saturated heterocycles. The summed E-state index contributed by atoms with van der Waals surface area (Å²) in [5.74, 6) is 0.208. The standard InChI is InChI=1S/C33H34N4O4S2/c1-9-40-25-12-10-23(11-13-25)29-28(32(39)41-17(2)3)20(6)35-33-37(29)30(38)27(43-33)15-24-14-18(4)36(21(24)7)31-26(16-34)19(5)22(8)42-31/h10-15,17,29H,9H2,1-8H3/b27-15-/t29-/m0/s1. The quantitative estimate of drug-likeness (QED) is 0.255. The molecule has 4 heterocycles. The smallest absolute Gasteiger partial charge is 0.338 e. The molecule has 10 heteroatoms. The SMILES string of the molecule is CCOc1ccc([C@H]2C(C(=O)OC(C)C)=C(C)N=c3s/c(=C\c4cc(C)n(-c5sc(C)c(C)c5C#N)c4C)c(=O)n32)cc1. The van der Waals surface area contributed by atoms with Crippen molar-refractivity contribution in [3.05, 3.63) is 99.8 Å². The van der Waals surface area contributed by atoms with Crippen molar-refractivity contribution in [3.63, 3.8) is 0 Å². The predicted octanol–water partition coefficient (Wildman–Crippen LogP) is 5.54. The van der Waals surface area contributed by atoms with Crippen LogP contribution in [0.15, 0.2) is 51.4 Å². The fraction of sp³-hybridized carbons (Fsp3) is 0.333. The van der Waals surface area contributed by atoms with E-state index in [1.807, 2.05) is 71.0 Å². The molecule has 0 fully saturated rings. The van der Waals surface area contributed by atoms with Crippen LogP contribution in [-0.4, -0.2) is 27.8 Å². The molecule has 0 bridgehead atoms. The number of carbonyl (C=O) groups excluding carboxylic acids is 1. The van der Waals surface area contributed by atoms with Gasteiger partial charge >= 0.3 is 5.97 Å². The third kappa shape index (κ3) is 5.39. The van der Waals surface area contributed by atoms with E-state index in [-0.39, 0.29) is 11.7 Å². The summed E-state index contributed by atoms with van der Waals surface area (Å²) in [5, 5.41) is 10.7. The Labute approximate surface area is 258 Å². The first-order chi connectivity index (χ1) is 20.5. The van der Waals surface area contributed by atoms with Crippen LogP contribution in [0.2, 0.25) is 0 Å². The number of ether oxygens (including phenoxy) is 2. The first-order valence-electron chi connectivity index (χ1n) is 14.1. The first kappa shape index (κ1) is 30.3. The highest BCUT2D eigenvalue weighted by Crippen LogP contribution is 2.34. The Kier molecular flexibility index (Phi) is 8.32. The predicted molar refractivity (Wildman–Crippen MR) is 170 cm³/mol. The van der Waals surface area contributed by atoms with Crippen LogP contribution in [0, 0.1) is 39.0 Å². The number of nitriles is 1. The molecule has 0 amide bonds. The van der Waals surface area contributed by atoms with Crippen LogP contribution in [0.1, 0.15) is 72.3 Å². The number of rotatable bonds is 7. The fourth-order valence-corrected chi connectivity index (χ4v) is 7.63. The molecule has 1 aromatic carbocycles. The van der Waals surface area contributed by atoms with Crippen molar-refractivity contribution >= 4 is 34.7 Å². The molecule has 222 valence electrons. The lowest BCUT2D eigenvalue weighted by atomic mass is 9.96. The molecule has 5 rings (SSSR count). The van der Waals surface area contributed by atoms with Crippen LogP contribution in [-0.2, 0) is 9.53 Å². The van der Waals surface area contributed by atoms with Crippen molar-refractivity contribution in [1.29, 1.82) is 5.26 Å². The number of nitrogens with zero attached hydrogens (tertiary/aromatic N) is 4. The van der Waals surface area contributed by atoms with E-state index in [0.29, 0.717) is 38.5 Å². The Bertz CT molecular complexity index is 2000. The summed E-state index contributed by atoms with van der Waals surface area (Å²) in [5.41, 5.74) is 5.80. The molecule has 0 spiro atoms. The molecule has 0 saturated carbocycles. The van der Waals surface area contributed by atoms with Gasteiger partial charge in [0.25, 0.3) is 5.56 Å². The average molecular weight is 615 g/mol. The summed E-state index contributed by atoms with van der Waals surface area (Å²) < 4.78 is 15.4. The van der Waals surface area contributed by atoms with E-state index in [1.165, 1.54) is 11.3 Å². The number of hydrogen-bond donors (Lipinski definition) is 0. The van der Waals surface area contributed by atoms with Gasteiger partial charge in [0.2, 0.25) is 0 Å². The molecule has 1 aliphatic rings. The van der Waals surface area contributed by atoms with Crippen LogP contribution in [0.3, 0.4) is 0 Å². The maximum Gasteiger partial charge on any atom is 0.338 e. The number of esters is 1. The third-order valence-electron chi connectivity index (χ3n) is 7.53. The van der Waals surface area contributed by atoms with Gasteiger partial charge in [-0.1, -0.05) is 23.5 Å². The highest BCUT2D eigenvalue weighted by molar-refractivity contribution is 7.15. The van der Waals surface area contributed by atoms with Gasteiger partial charge in [-0.25, -0.2) is 9.79 Å². The molecule has 43 heavy (non-hydrogen) atoms. The molecule has 1 atom stereocenters. The van der Waals surface area contributed by atoms with E-state index < -0.39 is 12.0 Å². The van der Waals surface area contributed by atoms with Gasteiger partial charge in [-0.3, -0.25) is 9.36 Å². The number of allylic oxidation sites excluding steroid dienone is 1. The molecular formula is C33H34N4O4S2. The van der Waals surface area contributed by atoms with Crippen molar-refractivity contribution in [2.75, 3.05) is 6.61 Å². The monoisotopic (exact) mass is 614 g/mol. The number of hydrogen-bond acceptors (Lipinski definition) is 8. The number of thiazole rings is 1. The van der Waals surface area contributed by atoms with Crippen molar-refractivity contribution in [1.82, 2.24) is 9.13 Å². The highest BCUT2D eigenvalue weighted by Gasteiger charge is 2.34. The summed E-state index contributed by atoms with van der Waals surface area (Å²) in [6, 6.07) is 11.1. The molecule has 0 N–H and O–H groups in total. The second kappa shape index (κ2) is 11.8. The number of benzene rings is 1. The zero-order valence-corrected chi connectivity index (χ0v) is 27.2. The summed E-state index contributed by atoms with van der Waals surface area (Å²) in [4.78, 5) is 33.8. The minimum absolute atomic E-state index is 0.240. The van der Waals surface area contributed by atoms with E-state index in [9.17, 15) is 14.9 Å². The lowest BCUT2D eigenvalue weighted by Gasteiger charge is -2.25. The maximum absolute atomic E-state index is 14.1. The Morgan fingerprint density at radius 1 is 1.14 bits per heavy atom. The van der Waals surface area contributed by atoms with Crippen LogP contribution in [0.4, 0.5) is 0 Å². The van der Waals surface area contributed by atoms with Crippen LogP contribution in [0.5, 0.6) is 5.75 Å². The van der Waals surface area contributed by atoms with Crippen molar-refractivity contribution in [2.24, 2.45) is 4.99 Å². The number of carbonyl (C=O) groups is 1. The normalized spacial score (nSPS) is 15.0. The van der Waals surface area contributed by atoms with Gasteiger partial charge in [-0.05, 0) is 96.4 Å². The second-order valence-electron chi connectivity index (χ2n) is 10.8. The number of aryl methyl sites for hydroxylation is 2. The van der Waals surface area contributed by atoms with Gasteiger partial charge in [0.1, 0.15) is 16.8 Å². The molecule has 1 aliphatic heterocycles. The van der Waals surface area contributed by atoms with Gasteiger partial charge in [0, 0.05) is 16.3 Å². The topological polar surface area (TPSA) is 98.6 Å². The lowest BCUT2D eigenvalue weighted by molar-refractivity contribution is -0.143. The van der Waals surface area contributed by atoms with Crippen LogP contribution in [0.25, 0.3) is 11.1 Å². The Morgan fingerprint density at radius 3 is 2.47 bits per heavy atom. The number of thiophene rings is 1. The largest absolute Gasteiger partial charge is 0.494 e. The number of aromatic nitrogens is 2. The maximum atomic E-state index is 14.1. The van der Waals surface area contributed by atoms with E-state index in [4.69, 9.17) is 14.5 Å². The van der Waals surface area contributed by atoms with Gasteiger partial charge in [-0.2, -0.15) is 5.26 Å². The summed E-state index contributed by atoms with van der Waals surface area (Å²) >= 11 is 2.88. The Hall–Kier alpha value is -4.20. The van der Waals surface area contributed by atoms with Gasteiger partial charge in [0.15, 0.2) is 4.80 Å². The van der Waals surface area contributed by atoms with Gasteiger partial charge in [0.05, 0.1) is 40.1 Å². The second-order valence-corrected chi connectivity index (χ2v) is 13.0. The van der Waals surface area contributed by atoms with Crippen LogP contribution < -0.4 is 19.6 Å². The Balaban J connectivity index is 1.68. The highest BCUT2D eigenvalue weighted by atomic mass is 32.1. The van der Waals surface area contributed by atoms with E-state index >= 15 is 0 Å². The molecular weight excluding hydrogens is 581 g/mol. The molecule has 0 aliphatic carbocycles. The third-order valence-corrected chi connectivity index (χ3v) is 9.71. The van der Waals surface area contributed by atoms with Crippen LogP contribution >= 0.6 is 22.7 Å². The summed E-state index contributed by atoms with van der Waals surface area (Å²) in [7, 11) is 0. The zero-order valence-electron chi connectivity index (χ0n) is 25.6. The van der Waals surface area contributed by atoms with Gasteiger partial charge in [-0.15, -0.1) is 11.3 Å². The van der Waals surface area contributed by atoms with E-state index in [0.717, 1.165) is 38.0 Å². The minimum atomic E-state index is -0.706. The Morgan fingerprint density at radius 2 is 1.84 bits per heavy atom. The average Bonchev–Trinajstić information content (AvgIpc) is 3.52. The fourth-order valence-electron chi connectivity index (χ4n) is 5.37. The summed E-state index contributed by atoms with van der Waals surface area (Å²) in [6.07, 6.45) is 1.55. The van der Waals surface area contributed by atoms with Gasteiger partial charge < -0.3 is 14.0 Å². The lowest BCUT2D eigenvalue weighted by Crippen LogP contribution is -2.40. The molecule has 0 radical (unpaired) electrons. The minimum Gasteiger partial charge on any atom is -0.494 e. The van der Waals surface area contributed by atoms with Crippen molar-refractivity contribution in [2.45, 2.75) is 67.5 Å². The van der Waals surface area contributed by atoms with Crippen molar-refractivity contribution in [3.8, 4) is 16.8 Å². The van der Waals surface area contributed by atoms with E-state index in [1.54, 1.807) is 36.7 Å². The molecule has 0 unspecified atom stereocenters. The molecule has 3 aromatic heterocycles. The van der Waals surface area contributed by atoms with E-state index in [2.05, 4.69) is 10.6 Å².